The van der Waals surface area contributed by atoms with Crippen molar-refractivity contribution in [3.8, 4) is 0 Å². The van der Waals surface area contributed by atoms with E-state index < -0.39 is 24.3 Å². The highest BCUT2D eigenvalue weighted by atomic mass is 79.9. The summed E-state index contributed by atoms with van der Waals surface area (Å²) in [4.78, 5) is 35.3. The molecule has 3 N–H and O–H groups in total. The molecule has 7 nitrogen and oxygen atoms in total. The van der Waals surface area contributed by atoms with Crippen molar-refractivity contribution in [3.05, 3.63) is 62.5 Å². The number of carbonyl (C=O) groups excluding carboxylic acids is 3. The van der Waals surface area contributed by atoms with E-state index in [0.29, 0.717) is 16.3 Å². The van der Waals surface area contributed by atoms with Gasteiger partial charge in [0.25, 0.3) is 11.8 Å². The third kappa shape index (κ3) is 6.84. The smallest absolute Gasteiger partial charge is 0.269 e. The van der Waals surface area contributed by atoms with Gasteiger partial charge < -0.3 is 10.1 Å². The highest BCUT2D eigenvalue weighted by molar-refractivity contribution is 9.10. The third-order valence-corrected chi connectivity index (χ3v) is 4.46. The van der Waals surface area contributed by atoms with Gasteiger partial charge in [0.15, 0.2) is 0 Å². The molecule has 0 fully saturated rings. The van der Waals surface area contributed by atoms with E-state index in [4.69, 9.17) is 27.9 Å². The fourth-order valence-electron chi connectivity index (χ4n) is 1.86. The number of hydrogen-bond acceptors (Lipinski definition) is 4. The van der Waals surface area contributed by atoms with Crippen molar-refractivity contribution in [2.75, 3.05) is 18.5 Å². The maximum Gasteiger partial charge on any atom is 0.269 e. The first-order valence-corrected chi connectivity index (χ1v) is 9.08. The molecule has 0 saturated heterocycles. The summed E-state index contributed by atoms with van der Waals surface area (Å²) in [5, 5.41) is 3.03. The van der Waals surface area contributed by atoms with Crippen molar-refractivity contribution in [3.63, 3.8) is 0 Å². The molecule has 10 heteroatoms. The van der Waals surface area contributed by atoms with Gasteiger partial charge in [0, 0.05) is 10.0 Å². The molecule has 142 valence electrons. The van der Waals surface area contributed by atoms with E-state index in [9.17, 15) is 14.4 Å². The Balaban J connectivity index is 1.69. The molecule has 0 aliphatic rings. The minimum Gasteiger partial charge on any atom is -0.362 e. The van der Waals surface area contributed by atoms with Crippen LogP contribution in [0, 0.1) is 0 Å². The van der Waals surface area contributed by atoms with Crippen LogP contribution >= 0.6 is 39.1 Å². The number of benzene rings is 2. The van der Waals surface area contributed by atoms with Crippen molar-refractivity contribution in [2.24, 2.45) is 0 Å². The molecule has 0 aromatic heterocycles. The fraction of sp³-hybridized carbons (Fsp3) is 0.118. The van der Waals surface area contributed by atoms with E-state index in [-0.39, 0.29) is 11.6 Å². The summed E-state index contributed by atoms with van der Waals surface area (Å²) in [6.07, 6.45) is 0. The van der Waals surface area contributed by atoms with Crippen molar-refractivity contribution in [2.45, 2.75) is 0 Å². The van der Waals surface area contributed by atoms with Gasteiger partial charge in [0.2, 0.25) is 5.91 Å². The van der Waals surface area contributed by atoms with Gasteiger partial charge in [-0.05, 0) is 36.4 Å². The molecule has 0 atom stereocenters. The quantitative estimate of drug-likeness (QED) is 0.560. The number of amides is 3. The van der Waals surface area contributed by atoms with Gasteiger partial charge in [-0.1, -0.05) is 45.2 Å². The summed E-state index contributed by atoms with van der Waals surface area (Å²) in [5.41, 5.74) is 5.14. The average molecular weight is 475 g/mol. The Kier molecular flexibility index (Phi) is 8.05. The first kappa shape index (κ1) is 21.2. The maximum absolute atomic E-state index is 11.8. The Bertz CT molecular complexity index is 847. The Morgan fingerprint density at radius 2 is 1.59 bits per heavy atom. The Labute approximate surface area is 173 Å². The average Bonchev–Trinajstić information content (AvgIpc) is 2.64. The summed E-state index contributed by atoms with van der Waals surface area (Å²) in [6, 6.07) is 11.4. The summed E-state index contributed by atoms with van der Waals surface area (Å²) in [6.45, 7) is -0.797. The minimum atomic E-state index is -0.617. The van der Waals surface area contributed by atoms with Gasteiger partial charge in [0.05, 0.1) is 15.7 Å². The van der Waals surface area contributed by atoms with Crippen LogP contribution in [0.1, 0.15) is 10.4 Å². The summed E-state index contributed by atoms with van der Waals surface area (Å²) >= 11 is 15.1. The van der Waals surface area contributed by atoms with E-state index in [0.717, 1.165) is 4.47 Å². The van der Waals surface area contributed by atoms with Crippen LogP contribution in [0.15, 0.2) is 46.9 Å². The lowest BCUT2D eigenvalue weighted by Crippen LogP contribution is -2.43. The first-order chi connectivity index (χ1) is 12.9. The van der Waals surface area contributed by atoms with Crippen LogP contribution in [0.5, 0.6) is 0 Å². The van der Waals surface area contributed by atoms with Crippen LogP contribution in [0.3, 0.4) is 0 Å². The highest BCUT2D eigenvalue weighted by Gasteiger charge is 2.10. The van der Waals surface area contributed by atoms with Crippen LogP contribution in [0.25, 0.3) is 0 Å². The normalized spacial score (nSPS) is 10.2. The molecule has 0 bridgehead atoms. The molecule has 0 radical (unpaired) electrons. The lowest BCUT2D eigenvalue weighted by atomic mass is 10.2. The number of hydrogen-bond donors (Lipinski definition) is 3. The maximum atomic E-state index is 11.8. The Morgan fingerprint density at radius 3 is 2.30 bits per heavy atom. The predicted octanol–water partition coefficient (Wildman–Crippen LogP) is 3.17. The molecule has 3 amide bonds. The zero-order valence-electron chi connectivity index (χ0n) is 13.7. The molecular formula is C17H14BrCl2N3O4. The van der Waals surface area contributed by atoms with Gasteiger partial charge >= 0.3 is 0 Å². The topological polar surface area (TPSA) is 96.5 Å². The van der Waals surface area contributed by atoms with Gasteiger partial charge in [-0.2, -0.15) is 0 Å². The van der Waals surface area contributed by atoms with E-state index in [1.165, 1.54) is 0 Å². The zero-order chi connectivity index (χ0) is 19.8. The van der Waals surface area contributed by atoms with Gasteiger partial charge in [-0.3, -0.25) is 25.2 Å². The number of anilines is 1. The van der Waals surface area contributed by atoms with Crippen LogP contribution < -0.4 is 16.2 Å². The van der Waals surface area contributed by atoms with Crippen molar-refractivity contribution >= 4 is 62.5 Å². The number of carbonyl (C=O) groups is 3. The molecule has 0 unspecified atom stereocenters. The first-order valence-electron chi connectivity index (χ1n) is 7.53. The predicted molar refractivity (Wildman–Crippen MR) is 106 cm³/mol. The van der Waals surface area contributed by atoms with Gasteiger partial charge in [-0.25, -0.2) is 0 Å². The second kappa shape index (κ2) is 10.3. The lowest BCUT2D eigenvalue weighted by molar-refractivity contribution is -0.129. The van der Waals surface area contributed by atoms with Gasteiger partial charge in [-0.15, -0.1) is 0 Å². The number of nitrogens with one attached hydrogen (secondary N) is 3. The van der Waals surface area contributed by atoms with Crippen LogP contribution in [0.2, 0.25) is 10.0 Å². The molecule has 27 heavy (non-hydrogen) atoms. The molecule has 0 spiro atoms. The minimum absolute atomic E-state index is 0.209. The molecule has 2 aromatic rings. The second-order valence-corrected chi connectivity index (χ2v) is 6.85. The van der Waals surface area contributed by atoms with Crippen LogP contribution in [-0.4, -0.2) is 30.9 Å². The number of hydrazine groups is 1. The summed E-state index contributed by atoms with van der Waals surface area (Å²) in [7, 11) is 0. The third-order valence-electron chi connectivity index (χ3n) is 3.11. The fourth-order valence-corrected chi connectivity index (χ4v) is 2.47. The molecule has 0 saturated carbocycles. The molecule has 0 aliphatic carbocycles. The standard InChI is InChI=1S/C17H14BrCl2N3O4/c18-11-6-4-10(5-7-11)17(26)23-22-15(25)9-27-8-14(24)21-13-3-1-2-12(19)16(13)20/h1-7H,8-9H2,(H,21,24)(H,22,25)(H,23,26). The summed E-state index contributed by atoms with van der Waals surface area (Å²) in [5.74, 6) is -1.61. The van der Waals surface area contributed by atoms with Crippen LogP contribution in [0.4, 0.5) is 5.69 Å². The Hall–Kier alpha value is -2.13. The Morgan fingerprint density at radius 1 is 0.926 bits per heavy atom. The highest BCUT2D eigenvalue weighted by Crippen LogP contribution is 2.29. The molecule has 2 rings (SSSR count). The van der Waals surface area contributed by atoms with Gasteiger partial charge in [0.1, 0.15) is 13.2 Å². The number of rotatable bonds is 6. The molecule has 2 aromatic carbocycles. The number of halogens is 3. The second-order valence-electron chi connectivity index (χ2n) is 5.15. The van der Waals surface area contributed by atoms with E-state index >= 15 is 0 Å². The largest absolute Gasteiger partial charge is 0.362 e. The lowest BCUT2D eigenvalue weighted by Gasteiger charge is -2.09. The molecule has 0 heterocycles. The van der Waals surface area contributed by atoms with Crippen molar-refractivity contribution in [1.82, 2.24) is 10.9 Å². The SMILES string of the molecule is O=C(COCC(=O)Nc1cccc(Cl)c1Cl)NNC(=O)c1ccc(Br)cc1. The van der Waals surface area contributed by atoms with Crippen LogP contribution in [-0.2, 0) is 14.3 Å². The van der Waals surface area contributed by atoms with Crippen molar-refractivity contribution < 1.29 is 19.1 Å². The van der Waals surface area contributed by atoms with E-state index in [1.54, 1.807) is 42.5 Å². The van der Waals surface area contributed by atoms with Crippen molar-refractivity contribution in [1.29, 1.82) is 0 Å². The number of ether oxygens (including phenoxy) is 1. The van der Waals surface area contributed by atoms with E-state index in [1.807, 2.05) is 0 Å². The zero-order valence-corrected chi connectivity index (χ0v) is 16.8. The summed E-state index contributed by atoms with van der Waals surface area (Å²) < 4.78 is 5.82. The molecule has 0 aliphatic heterocycles. The van der Waals surface area contributed by atoms with E-state index in [2.05, 4.69) is 32.1 Å². The molecular weight excluding hydrogens is 461 g/mol. The monoisotopic (exact) mass is 473 g/mol.